The molecule has 0 spiro atoms. The summed E-state index contributed by atoms with van der Waals surface area (Å²) in [5.41, 5.74) is 1.92. The van der Waals surface area contributed by atoms with Gasteiger partial charge in [0.25, 0.3) is 0 Å². The summed E-state index contributed by atoms with van der Waals surface area (Å²) in [6, 6.07) is 9.36. The highest BCUT2D eigenvalue weighted by Crippen LogP contribution is 2.20. The van der Waals surface area contributed by atoms with Gasteiger partial charge in [0, 0.05) is 30.9 Å². The Labute approximate surface area is 113 Å². The van der Waals surface area contributed by atoms with Gasteiger partial charge in [-0.3, -0.25) is 0 Å². The molecule has 1 N–H and O–H groups in total. The van der Waals surface area contributed by atoms with E-state index in [2.05, 4.69) is 16.9 Å². The van der Waals surface area contributed by atoms with Crippen molar-refractivity contribution in [2.75, 3.05) is 11.9 Å². The second-order valence-corrected chi connectivity index (χ2v) is 4.60. The first kappa shape index (κ1) is 13.3. The minimum Gasteiger partial charge on any atom is -0.508 e. The molecular formula is C15H19N3O. The smallest absolute Gasteiger partial charge is 0.132 e. The predicted octanol–water partition coefficient (Wildman–Crippen LogP) is 2.69. The number of aromatic hydroxyl groups is 1. The van der Waals surface area contributed by atoms with Crippen molar-refractivity contribution in [1.29, 1.82) is 0 Å². The number of nitrogens with zero attached hydrogens (tertiary/aromatic N) is 3. The molecule has 0 bridgehead atoms. The molecule has 100 valence electrons. The molecular weight excluding hydrogens is 238 g/mol. The lowest BCUT2D eigenvalue weighted by Crippen LogP contribution is -2.18. The van der Waals surface area contributed by atoms with E-state index in [9.17, 15) is 5.11 Å². The molecule has 1 aromatic carbocycles. The third kappa shape index (κ3) is 3.22. The maximum atomic E-state index is 9.80. The fourth-order valence-corrected chi connectivity index (χ4v) is 1.97. The van der Waals surface area contributed by atoms with Gasteiger partial charge in [0.1, 0.15) is 17.4 Å². The van der Waals surface area contributed by atoms with Crippen LogP contribution in [0.1, 0.15) is 24.0 Å². The lowest BCUT2D eigenvalue weighted by atomic mass is 10.2. The van der Waals surface area contributed by atoms with Gasteiger partial charge in [-0.05, 0) is 19.4 Å². The van der Waals surface area contributed by atoms with Gasteiger partial charge < -0.3 is 10.0 Å². The van der Waals surface area contributed by atoms with Crippen LogP contribution in [-0.4, -0.2) is 22.1 Å². The van der Waals surface area contributed by atoms with E-state index in [1.54, 1.807) is 6.07 Å². The van der Waals surface area contributed by atoms with E-state index in [0.717, 1.165) is 29.3 Å². The first-order chi connectivity index (χ1) is 9.10. The topological polar surface area (TPSA) is 49.2 Å². The highest BCUT2D eigenvalue weighted by molar-refractivity contribution is 5.42. The minimum absolute atomic E-state index is 0.316. The molecule has 0 aliphatic carbocycles. The summed E-state index contributed by atoms with van der Waals surface area (Å²) in [5.74, 6) is 1.97. The van der Waals surface area contributed by atoms with E-state index in [4.69, 9.17) is 0 Å². The molecule has 2 rings (SSSR count). The van der Waals surface area contributed by atoms with E-state index in [0.29, 0.717) is 12.3 Å². The zero-order chi connectivity index (χ0) is 13.8. The van der Waals surface area contributed by atoms with Crippen molar-refractivity contribution in [3.8, 4) is 5.75 Å². The molecule has 4 nitrogen and oxygen atoms in total. The zero-order valence-electron chi connectivity index (χ0n) is 11.6. The van der Waals surface area contributed by atoms with E-state index in [-0.39, 0.29) is 0 Å². The van der Waals surface area contributed by atoms with Gasteiger partial charge in [-0.15, -0.1) is 0 Å². The van der Waals surface area contributed by atoms with Crippen LogP contribution >= 0.6 is 0 Å². The molecule has 0 aliphatic rings. The van der Waals surface area contributed by atoms with Gasteiger partial charge in [-0.1, -0.05) is 25.1 Å². The van der Waals surface area contributed by atoms with Crippen LogP contribution in [0.3, 0.4) is 0 Å². The van der Waals surface area contributed by atoms with E-state index in [1.807, 2.05) is 43.1 Å². The monoisotopic (exact) mass is 257 g/mol. The maximum Gasteiger partial charge on any atom is 0.132 e. The van der Waals surface area contributed by atoms with Crippen LogP contribution in [-0.2, 0) is 13.0 Å². The minimum atomic E-state index is 0.316. The van der Waals surface area contributed by atoms with Gasteiger partial charge in [0.05, 0.1) is 0 Å². The van der Waals surface area contributed by atoms with E-state index in [1.165, 1.54) is 0 Å². The molecule has 0 atom stereocenters. The molecule has 4 heteroatoms. The molecule has 19 heavy (non-hydrogen) atoms. The van der Waals surface area contributed by atoms with Crippen LogP contribution in [0.2, 0.25) is 0 Å². The number of hydrogen-bond donors (Lipinski definition) is 1. The van der Waals surface area contributed by atoms with Crippen molar-refractivity contribution < 1.29 is 5.11 Å². The van der Waals surface area contributed by atoms with Gasteiger partial charge in [-0.25, -0.2) is 9.97 Å². The lowest BCUT2D eigenvalue weighted by Gasteiger charge is -2.19. The summed E-state index contributed by atoms with van der Waals surface area (Å²) < 4.78 is 0. The van der Waals surface area contributed by atoms with Crippen molar-refractivity contribution in [2.45, 2.75) is 26.8 Å². The number of rotatable bonds is 4. The number of hydrogen-bond acceptors (Lipinski definition) is 4. The summed E-state index contributed by atoms with van der Waals surface area (Å²) >= 11 is 0. The maximum absolute atomic E-state index is 9.80. The standard InChI is InChI=1S/C15H19N3O/c1-4-13-9-15(17-11(2)16-13)18(3)10-12-7-5-6-8-14(12)19/h5-9,19H,4,10H2,1-3H3. The molecule has 0 amide bonds. The molecule has 1 aromatic heterocycles. The van der Waals surface area contributed by atoms with Gasteiger partial charge in [0.2, 0.25) is 0 Å². The Morgan fingerprint density at radius 3 is 2.63 bits per heavy atom. The number of phenolic OH excluding ortho intramolecular Hbond substituents is 1. The third-order valence-electron chi connectivity index (χ3n) is 3.03. The molecule has 0 aliphatic heterocycles. The van der Waals surface area contributed by atoms with Crippen LogP contribution in [0.5, 0.6) is 5.75 Å². The Balaban J connectivity index is 2.22. The van der Waals surface area contributed by atoms with Crippen molar-refractivity contribution >= 4 is 5.82 Å². The molecule has 0 saturated heterocycles. The molecule has 0 fully saturated rings. The van der Waals surface area contributed by atoms with Crippen molar-refractivity contribution in [3.63, 3.8) is 0 Å². The highest BCUT2D eigenvalue weighted by Gasteiger charge is 2.08. The van der Waals surface area contributed by atoms with E-state index >= 15 is 0 Å². The fraction of sp³-hybridized carbons (Fsp3) is 0.333. The quantitative estimate of drug-likeness (QED) is 0.915. The van der Waals surface area contributed by atoms with Crippen LogP contribution in [0.25, 0.3) is 0 Å². The first-order valence-corrected chi connectivity index (χ1v) is 6.42. The number of benzene rings is 1. The average molecular weight is 257 g/mol. The largest absolute Gasteiger partial charge is 0.508 e. The molecule has 0 saturated carbocycles. The van der Waals surface area contributed by atoms with Gasteiger partial charge in [-0.2, -0.15) is 0 Å². The van der Waals surface area contributed by atoms with Gasteiger partial charge >= 0.3 is 0 Å². The fourth-order valence-electron chi connectivity index (χ4n) is 1.97. The van der Waals surface area contributed by atoms with Crippen LogP contribution < -0.4 is 4.90 Å². The van der Waals surface area contributed by atoms with Crippen molar-refractivity contribution in [2.24, 2.45) is 0 Å². The third-order valence-corrected chi connectivity index (χ3v) is 3.03. The predicted molar refractivity (Wildman–Crippen MR) is 76.4 cm³/mol. The summed E-state index contributed by atoms with van der Waals surface area (Å²) in [5, 5.41) is 9.80. The number of para-hydroxylation sites is 1. The molecule has 1 heterocycles. The SMILES string of the molecule is CCc1cc(N(C)Cc2ccccc2O)nc(C)n1. The van der Waals surface area contributed by atoms with Crippen molar-refractivity contribution in [1.82, 2.24) is 9.97 Å². The lowest BCUT2D eigenvalue weighted by molar-refractivity contribution is 0.467. The first-order valence-electron chi connectivity index (χ1n) is 6.42. The Hall–Kier alpha value is -2.10. The Morgan fingerprint density at radius 1 is 1.21 bits per heavy atom. The molecule has 0 unspecified atom stereocenters. The molecule has 2 aromatic rings. The van der Waals surface area contributed by atoms with Crippen LogP contribution in [0.15, 0.2) is 30.3 Å². The zero-order valence-corrected chi connectivity index (χ0v) is 11.6. The number of phenols is 1. The summed E-state index contributed by atoms with van der Waals surface area (Å²) in [7, 11) is 1.97. The summed E-state index contributed by atoms with van der Waals surface area (Å²) in [4.78, 5) is 10.8. The second kappa shape index (κ2) is 5.69. The molecule has 0 radical (unpaired) electrons. The summed E-state index contributed by atoms with van der Waals surface area (Å²) in [6.07, 6.45) is 0.890. The van der Waals surface area contributed by atoms with Gasteiger partial charge in [0.15, 0.2) is 0 Å². The normalized spacial score (nSPS) is 10.5. The number of aromatic nitrogens is 2. The second-order valence-electron chi connectivity index (χ2n) is 4.60. The Bertz CT molecular complexity index is 569. The Kier molecular flexibility index (Phi) is 4.00. The van der Waals surface area contributed by atoms with Crippen molar-refractivity contribution in [3.05, 3.63) is 47.4 Å². The summed E-state index contributed by atoms with van der Waals surface area (Å²) in [6.45, 7) is 4.59. The van der Waals surface area contributed by atoms with Crippen LogP contribution in [0.4, 0.5) is 5.82 Å². The van der Waals surface area contributed by atoms with E-state index < -0.39 is 0 Å². The van der Waals surface area contributed by atoms with Crippen LogP contribution in [0, 0.1) is 6.92 Å². The Morgan fingerprint density at radius 2 is 1.95 bits per heavy atom. The number of anilines is 1. The average Bonchev–Trinajstić information content (AvgIpc) is 2.40. The number of aryl methyl sites for hydroxylation is 2. The highest BCUT2D eigenvalue weighted by atomic mass is 16.3.